The van der Waals surface area contributed by atoms with Gasteiger partial charge in [0.1, 0.15) is 11.6 Å². The molecule has 5 rings (SSSR count). The highest BCUT2D eigenvalue weighted by atomic mass is 32.1. The molecule has 40 heavy (non-hydrogen) atoms. The molecule has 3 aromatic carbocycles. The highest BCUT2D eigenvalue weighted by Crippen LogP contribution is 2.40. The van der Waals surface area contributed by atoms with E-state index in [4.69, 9.17) is 14.5 Å². The molecule has 1 aromatic heterocycles. The molecule has 0 unspecified atom stereocenters. The van der Waals surface area contributed by atoms with Crippen LogP contribution < -0.4 is 14.8 Å². The second-order valence-electron chi connectivity index (χ2n) is 10.3. The number of carbonyl (C=O) groups excluding carboxylic acids is 1. The Morgan fingerprint density at radius 1 is 0.950 bits per heavy atom. The Hall–Kier alpha value is -3.90. The predicted octanol–water partition coefficient (Wildman–Crippen LogP) is 8.53. The molecule has 0 aliphatic heterocycles. The Bertz CT molecular complexity index is 1520. The van der Waals surface area contributed by atoms with E-state index in [1.165, 1.54) is 27.1 Å². The van der Waals surface area contributed by atoms with Crippen LogP contribution in [0.1, 0.15) is 68.4 Å². The first-order valence-corrected chi connectivity index (χ1v) is 14.8. The van der Waals surface area contributed by atoms with Crippen LogP contribution in [0.25, 0.3) is 0 Å². The van der Waals surface area contributed by atoms with Crippen molar-refractivity contribution in [3.63, 3.8) is 0 Å². The SMILES string of the molecule is CCOc1cc(C=Nc2sc3c(c2C(=O)Nc2ccccc2)CCCC3)ccc1OCc1c(C)cc(C)cc1C. The molecule has 1 heterocycles. The average Bonchev–Trinajstić information content (AvgIpc) is 3.31. The summed E-state index contributed by atoms with van der Waals surface area (Å²) in [5.41, 5.74) is 8.43. The van der Waals surface area contributed by atoms with Crippen molar-refractivity contribution in [1.29, 1.82) is 0 Å². The lowest BCUT2D eigenvalue weighted by atomic mass is 9.95. The number of para-hydroxylation sites is 1. The molecule has 4 aromatic rings. The molecule has 206 valence electrons. The van der Waals surface area contributed by atoms with Crippen LogP contribution in [0.2, 0.25) is 0 Å². The Morgan fingerprint density at radius 2 is 1.70 bits per heavy atom. The van der Waals surface area contributed by atoms with Gasteiger partial charge in [0.25, 0.3) is 5.91 Å². The molecule has 1 amide bonds. The van der Waals surface area contributed by atoms with Crippen molar-refractivity contribution >= 4 is 34.1 Å². The average molecular weight is 553 g/mol. The maximum absolute atomic E-state index is 13.4. The van der Waals surface area contributed by atoms with Crippen molar-refractivity contribution in [3.05, 3.63) is 104 Å². The monoisotopic (exact) mass is 552 g/mol. The van der Waals surface area contributed by atoms with Gasteiger partial charge in [-0.25, -0.2) is 4.99 Å². The molecule has 0 spiro atoms. The van der Waals surface area contributed by atoms with Gasteiger partial charge in [-0.1, -0.05) is 35.9 Å². The Morgan fingerprint density at radius 3 is 2.45 bits per heavy atom. The fourth-order valence-corrected chi connectivity index (χ4v) is 6.54. The second-order valence-corrected chi connectivity index (χ2v) is 11.4. The van der Waals surface area contributed by atoms with Crippen molar-refractivity contribution in [1.82, 2.24) is 0 Å². The molecule has 0 atom stereocenters. The summed E-state index contributed by atoms with van der Waals surface area (Å²) in [7, 11) is 0. The largest absolute Gasteiger partial charge is 0.490 e. The van der Waals surface area contributed by atoms with Gasteiger partial charge in [0, 0.05) is 16.8 Å². The van der Waals surface area contributed by atoms with Crippen molar-refractivity contribution in [2.24, 2.45) is 4.99 Å². The number of aryl methyl sites for hydroxylation is 4. The molecule has 6 heteroatoms. The molecule has 0 saturated heterocycles. The third kappa shape index (κ3) is 6.28. The van der Waals surface area contributed by atoms with E-state index in [1.54, 1.807) is 11.3 Å². The predicted molar refractivity (Wildman–Crippen MR) is 165 cm³/mol. The van der Waals surface area contributed by atoms with Crippen LogP contribution in [0.3, 0.4) is 0 Å². The minimum Gasteiger partial charge on any atom is -0.490 e. The molecule has 0 fully saturated rings. The molecule has 1 aliphatic rings. The zero-order chi connectivity index (χ0) is 28.1. The van der Waals surface area contributed by atoms with Gasteiger partial charge < -0.3 is 14.8 Å². The van der Waals surface area contributed by atoms with E-state index in [0.717, 1.165) is 47.5 Å². The van der Waals surface area contributed by atoms with Gasteiger partial charge >= 0.3 is 0 Å². The summed E-state index contributed by atoms with van der Waals surface area (Å²) in [5, 5.41) is 3.82. The summed E-state index contributed by atoms with van der Waals surface area (Å²) < 4.78 is 12.2. The first-order chi connectivity index (χ1) is 19.4. The lowest BCUT2D eigenvalue weighted by Crippen LogP contribution is -2.14. The number of thiophene rings is 1. The fraction of sp³-hybridized carbons (Fsp3) is 0.294. The number of carbonyl (C=O) groups is 1. The van der Waals surface area contributed by atoms with Gasteiger partial charge in [0.2, 0.25) is 0 Å². The zero-order valence-corrected chi connectivity index (χ0v) is 24.5. The summed E-state index contributed by atoms with van der Waals surface area (Å²) in [5.74, 6) is 1.28. The third-order valence-corrected chi connectivity index (χ3v) is 8.42. The Labute approximate surface area is 240 Å². The van der Waals surface area contributed by atoms with Crippen LogP contribution in [0.4, 0.5) is 10.7 Å². The Kier molecular flexibility index (Phi) is 8.66. The van der Waals surface area contributed by atoms with Crippen molar-refractivity contribution < 1.29 is 14.3 Å². The number of nitrogens with one attached hydrogen (secondary N) is 1. The van der Waals surface area contributed by atoms with E-state index in [9.17, 15) is 4.79 Å². The standard InChI is InChI=1S/C34H36N2O3S/c1-5-38-30-19-25(15-16-29(30)39-21-28-23(3)17-22(2)18-24(28)4)20-35-34-32(27-13-9-10-14-31(27)40-34)33(37)36-26-11-7-6-8-12-26/h6-8,11-12,15-20H,5,9-10,13-14,21H2,1-4H3,(H,36,37). The number of nitrogens with zero attached hydrogens (tertiary/aromatic N) is 1. The van der Waals surface area contributed by atoms with Gasteiger partial charge in [-0.2, -0.15) is 0 Å². The molecule has 0 bridgehead atoms. The fourth-order valence-electron chi connectivity index (χ4n) is 5.30. The van der Waals surface area contributed by atoms with Crippen molar-refractivity contribution in [2.45, 2.75) is 60.0 Å². The highest BCUT2D eigenvalue weighted by molar-refractivity contribution is 7.16. The molecule has 0 saturated carbocycles. The maximum Gasteiger partial charge on any atom is 0.259 e. The Balaban J connectivity index is 1.39. The number of rotatable bonds is 9. The van der Waals surface area contributed by atoms with E-state index in [1.807, 2.05) is 61.7 Å². The van der Waals surface area contributed by atoms with Gasteiger partial charge in [-0.05, 0) is 112 Å². The summed E-state index contributed by atoms with van der Waals surface area (Å²) in [4.78, 5) is 19.5. The normalized spacial score (nSPS) is 12.8. The van der Waals surface area contributed by atoms with Gasteiger partial charge in [-0.15, -0.1) is 11.3 Å². The topological polar surface area (TPSA) is 59.9 Å². The summed E-state index contributed by atoms with van der Waals surface area (Å²) >= 11 is 1.63. The smallest absolute Gasteiger partial charge is 0.259 e. The van der Waals surface area contributed by atoms with Crippen LogP contribution in [-0.2, 0) is 19.4 Å². The van der Waals surface area contributed by atoms with E-state index in [-0.39, 0.29) is 5.91 Å². The number of hydrogen-bond donors (Lipinski definition) is 1. The van der Waals surface area contributed by atoms with Crippen molar-refractivity contribution in [3.8, 4) is 11.5 Å². The lowest BCUT2D eigenvalue weighted by Gasteiger charge is -2.15. The number of fused-ring (bicyclic) bond motifs is 1. The first kappa shape index (κ1) is 27.7. The molecular weight excluding hydrogens is 516 g/mol. The number of benzene rings is 3. The highest BCUT2D eigenvalue weighted by Gasteiger charge is 2.25. The first-order valence-electron chi connectivity index (χ1n) is 13.9. The third-order valence-electron chi connectivity index (χ3n) is 7.22. The summed E-state index contributed by atoms with van der Waals surface area (Å²) in [6.07, 6.45) is 5.98. The van der Waals surface area contributed by atoms with Crippen molar-refractivity contribution in [2.75, 3.05) is 11.9 Å². The number of aliphatic imine (C=N–C) groups is 1. The van der Waals surface area contributed by atoms with Crippen LogP contribution in [0.5, 0.6) is 11.5 Å². The van der Waals surface area contributed by atoms with E-state index < -0.39 is 0 Å². The maximum atomic E-state index is 13.4. The summed E-state index contributed by atoms with van der Waals surface area (Å²) in [6, 6.07) is 19.8. The number of hydrogen-bond acceptors (Lipinski definition) is 5. The van der Waals surface area contributed by atoms with Crippen LogP contribution in [0.15, 0.2) is 65.7 Å². The molecule has 1 N–H and O–H groups in total. The molecule has 0 radical (unpaired) electrons. The molecule has 5 nitrogen and oxygen atoms in total. The van der Waals surface area contributed by atoms with E-state index in [0.29, 0.717) is 30.3 Å². The second kappa shape index (κ2) is 12.5. The van der Waals surface area contributed by atoms with Crippen LogP contribution >= 0.6 is 11.3 Å². The minimum atomic E-state index is -0.0989. The quantitative estimate of drug-likeness (QED) is 0.212. The number of amides is 1. The number of ether oxygens (including phenoxy) is 2. The van der Waals surface area contributed by atoms with Gasteiger partial charge in [0.15, 0.2) is 11.5 Å². The number of anilines is 1. The zero-order valence-electron chi connectivity index (χ0n) is 23.7. The van der Waals surface area contributed by atoms with Gasteiger partial charge in [0.05, 0.1) is 12.2 Å². The summed E-state index contributed by atoms with van der Waals surface area (Å²) in [6.45, 7) is 9.33. The van der Waals surface area contributed by atoms with E-state index in [2.05, 4.69) is 38.2 Å². The van der Waals surface area contributed by atoms with Crippen LogP contribution in [0, 0.1) is 20.8 Å². The lowest BCUT2D eigenvalue weighted by molar-refractivity contribution is 0.102. The molecule has 1 aliphatic carbocycles. The van der Waals surface area contributed by atoms with E-state index >= 15 is 0 Å². The van der Waals surface area contributed by atoms with Crippen LogP contribution in [-0.4, -0.2) is 18.7 Å². The molecular formula is C34H36N2O3S. The van der Waals surface area contributed by atoms with Gasteiger partial charge in [-0.3, -0.25) is 4.79 Å². The minimum absolute atomic E-state index is 0.0989.